The Morgan fingerprint density at radius 1 is 1.24 bits per heavy atom. The summed E-state index contributed by atoms with van der Waals surface area (Å²) in [6.07, 6.45) is 7.53. The fraction of sp³-hybridized carbons (Fsp3) is 0.682. The summed E-state index contributed by atoms with van der Waals surface area (Å²) >= 11 is 0. The van der Waals surface area contributed by atoms with Crippen LogP contribution >= 0.6 is 0 Å². The molecule has 160 valence electrons. The van der Waals surface area contributed by atoms with E-state index in [1.165, 1.54) is 0 Å². The number of pyridine rings is 1. The molecule has 3 rings (SSSR count). The fourth-order valence-corrected chi connectivity index (χ4v) is 4.20. The van der Waals surface area contributed by atoms with E-state index in [9.17, 15) is 9.59 Å². The van der Waals surface area contributed by atoms with Crippen molar-refractivity contribution in [2.75, 3.05) is 32.8 Å². The number of piperidine rings is 2. The quantitative estimate of drug-likeness (QED) is 0.753. The van der Waals surface area contributed by atoms with Crippen LogP contribution in [0.25, 0.3) is 0 Å². The van der Waals surface area contributed by atoms with E-state index in [0.29, 0.717) is 12.6 Å². The van der Waals surface area contributed by atoms with Crippen LogP contribution in [0.15, 0.2) is 24.5 Å². The Labute approximate surface area is 173 Å². The molecule has 7 heteroatoms. The predicted octanol–water partition coefficient (Wildman–Crippen LogP) is 1.83. The number of carbonyl (C=O) groups is 2. The van der Waals surface area contributed by atoms with Gasteiger partial charge in [0.05, 0.1) is 12.0 Å². The van der Waals surface area contributed by atoms with Crippen LogP contribution in [0, 0.1) is 5.92 Å². The van der Waals surface area contributed by atoms with Crippen molar-refractivity contribution >= 4 is 11.8 Å². The molecule has 0 saturated carbocycles. The number of amides is 2. The monoisotopic (exact) mass is 402 g/mol. The van der Waals surface area contributed by atoms with E-state index in [4.69, 9.17) is 4.74 Å². The van der Waals surface area contributed by atoms with Crippen molar-refractivity contribution in [1.82, 2.24) is 20.1 Å². The van der Waals surface area contributed by atoms with Gasteiger partial charge in [0.2, 0.25) is 11.8 Å². The van der Waals surface area contributed by atoms with E-state index in [0.717, 1.165) is 57.4 Å². The number of hydrogen-bond donors (Lipinski definition) is 1. The summed E-state index contributed by atoms with van der Waals surface area (Å²) in [6.45, 7) is 8.00. The van der Waals surface area contributed by atoms with E-state index >= 15 is 0 Å². The zero-order valence-electron chi connectivity index (χ0n) is 17.7. The van der Waals surface area contributed by atoms with E-state index in [-0.39, 0.29) is 30.4 Å². The molecule has 3 heterocycles. The molecule has 29 heavy (non-hydrogen) atoms. The minimum atomic E-state index is 0.0412. The molecule has 2 saturated heterocycles. The molecule has 2 amide bonds. The van der Waals surface area contributed by atoms with Crippen LogP contribution in [0.5, 0.6) is 0 Å². The van der Waals surface area contributed by atoms with Gasteiger partial charge in [0, 0.05) is 44.6 Å². The Morgan fingerprint density at radius 2 is 2.03 bits per heavy atom. The van der Waals surface area contributed by atoms with Gasteiger partial charge in [-0.1, -0.05) is 6.07 Å². The zero-order valence-corrected chi connectivity index (χ0v) is 17.7. The van der Waals surface area contributed by atoms with Crippen molar-refractivity contribution in [3.63, 3.8) is 0 Å². The van der Waals surface area contributed by atoms with Crippen LogP contribution in [0.3, 0.4) is 0 Å². The van der Waals surface area contributed by atoms with Gasteiger partial charge < -0.3 is 15.0 Å². The number of rotatable bonds is 7. The summed E-state index contributed by atoms with van der Waals surface area (Å²) in [7, 11) is 0. The van der Waals surface area contributed by atoms with Gasteiger partial charge in [0.1, 0.15) is 6.61 Å². The normalized spacial score (nSPS) is 21.3. The maximum absolute atomic E-state index is 12.6. The van der Waals surface area contributed by atoms with Crippen LogP contribution in [0.1, 0.15) is 45.1 Å². The van der Waals surface area contributed by atoms with Gasteiger partial charge >= 0.3 is 0 Å². The van der Waals surface area contributed by atoms with Crippen molar-refractivity contribution < 1.29 is 14.3 Å². The number of hydrogen-bond acceptors (Lipinski definition) is 5. The molecule has 0 aromatic carbocycles. The molecule has 1 N–H and O–H groups in total. The number of nitrogens with zero attached hydrogens (tertiary/aromatic N) is 3. The summed E-state index contributed by atoms with van der Waals surface area (Å²) in [5, 5.41) is 3.06. The summed E-state index contributed by atoms with van der Waals surface area (Å²) < 4.78 is 5.45. The lowest BCUT2D eigenvalue weighted by molar-refractivity contribution is -0.139. The van der Waals surface area contributed by atoms with E-state index < -0.39 is 0 Å². The number of carbonyl (C=O) groups excluding carboxylic acids is 2. The molecule has 7 nitrogen and oxygen atoms in total. The summed E-state index contributed by atoms with van der Waals surface area (Å²) in [6, 6.07) is 4.32. The molecule has 2 aliphatic heterocycles. The van der Waals surface area contributed by atoms with Gasteiger partial charge in [-0.15, -0.1) is 0 Å². The molecular weight excluding hydrogens is 368 g/mol. The van der Waals surface area contributed by atoms with E-state index in [1.807, 2.05) is 30.9 Å². The van der Waals surface area contributed by atoms with Crippen molar-refractivity contribution in [2.45, 2.75) is 58.2 Å². The zero-order chi connectivity index (χ0) is 20.6. The first kappa shape index (κ1) is 21.7. The Bertz CT molecular complexity index is 659. The lowest BCUT2D eigenvalue weighted by Gasteiger charge is -2.42. The lowest BCUT2D eigenvalue weighted by atomic mass is 9.93. The second kappa shape index (κ2) is 10.7. The highest BCUT2D eigenvalue weighted by Gasteiger charge is 2.32. The highest BCUT2D eigenvalue weighted by atomic mass is 16.5. The molecule has 0 radical (unpaired) electrons. The van der Waals surface area contributed by atoms with Gasteiger partial charge in [-0.05, 0) is 57.7 Å². The van der Waals surface area contributed by atoms with Crippen molar-refractivity contribution in [3.05, 3.63) is 30.1 Å². The van der Waals surface area contributed by atoms with E-state index in [1.54, 1.807) is 12.4 Å². The molecule has 0 spiro atoms. The van der Waals surface area contributed by atoms with Crippen LogP contribution in [-0.2, 0) is 20.9 Å². The van der Waals surface area contributed by atoms with Gasteiger partial charge in [-0.25, -0.2) is 0 Å². The molecule has 2 aliphatic rings. The fourth-order valence-electron chi connectivity index (χ4n) is 4.20. The molecule has 1 aromatic rings. The lowest BCUT2D eigenvalue weighted by Crippen LogP contribution is -2.52. The Kier molecular flexibility index (Phi) is 8.00. The summed E-state index contributed by atoms with van der Waals surface area (Å²) in [5.74, 6) is 0.264. The number of likely N-dealkylation sites (tertiary alicyclic amines) is 2. The number of aromatic nitrogens is 1. The van der Waals surface area contributed by atoms with Gasteiger partial charge in [-0.2, -0.15) is 0 Å². The molecule has 1 atom stereocenters. The summed E-state index contributed by atoms with van der Waals surface area (Å²) in [5.41, 5.74) is 1.02. The second-order valence-corrected chi connectivity index (χ2v) is 8.38. The van der Waals surface area contributed by atoms with Crippen LogP contribution in [-0.4, -0.2) is 71.5 Å². The molecule has 0 bridgehead atoms. The molecule has 0 aliphatic carbocycles. The third kappa shape index (κ3) is 6.51. The average Bonchev–Trinajstić information content (AvgIpc) is 2.76. The first-order chi connectivity index (χ1) is 14.0. The van der Waals surface area contributed by atoms with Crippen LogP contribution in [0.4, 0.5) is 0 Å². The van der Waals surface area contributed by atoms with Gasteiger partial charge in [0.15, 0.2) is 0 Å². The minimum absolute atomic E-state index is 0.0412. The maximum Gasteiger partial charge on any atom is 0.248 e. The van der Waals surface area contributed by atoms with Crippen molar-refractivity contribution in [3.8, 4) is 0 Å². The molecule has 2 fully saturated rings. The maximum atomic E-state index is 12.6. The predicted molar refractivity (Wildman–Crippen MR) is 111 cm³/mol. The Morgan fingerprint density at radius 3 is 2.72 bits per heavy atom. The standard InChI is InChI=1S/C22H34N4O3/c1-17(2)29-16-21(27)25-11-7-20(8-12-25)26-10-4-6-19(15-26)22(28)24-14-18-5-3-9-23-13-18/h3,5,9,13,17,19-20H,4,6-8,10-12,14-16H2,1-2H3,(H,24,28). The average molecular weight is 403 g/mol. The van der Waals surface area contributed by atoms with Gasteiger partial charge in [0.25, 0.3) is 0 Å². The Hall–Kier alpha value is -1.99. The first-order valence-corrected chi connectivity index (χ1v) is 10.8. The highest BCUT2D eigenvalue weighted by molar-refractivity contribution is 5.79. The third-order valence-corrected chi connectivity index (χ3v) is 5.89. The van der Waals surface area contributed by atoms with Gasteiger partial charge in [-0.3, -0.25) is 19.5 Å². The number of ether oxygens (including phenoxy) is 1. The smallest absolute Gasteiger partial charge is 0.248 e. The first-order valence-electron chi connectivity index (χ1n) is 10.8. The van der Waals surface area contributed by atoms with Crippen LogP contribution < -0.4 is 5.32 Å². The largest absolute Gasteiger partial charge is 0.369 e. The third-order valence-electron chi connectivity index (χ3n) is 5.89. The molecule has 1 aromatic heterocycles. The van der Waals surface area contributed by atoms with Crippen LogP contribution in [0.2, 0.25) is 0 Å². The Balaban J connectivity index is 1.42. The second-order valence-electron chi connectivity index (χ2n) is 8.38. The topological polar surface area (TPSA) is 74.8 Å². The minimum Gasteiger partial charge on any atom is -0.369 e. The SMILES string of the molecule is CC(C)OCC(=O)N1CCC(N2CCCC(C(=O)NCc3cccnc3)C2)CC1. The van der Waals surface area contributed by atoms with E-state index in [2.05, 4.69) is 15.2 Å². The highest BCUT2D eigenvalue weighted by Crippen LogP contribution is 2.24. The summed E-state index contributed by atoms with van der Waals surface area (Å²) in [4.78, 5) is 33.4. The molecule has 1 unspecified atom stereocenters. The number of nitrogens with one attached hydrogen (secondary N) is 1. The van der Waals surface area contributed by atoms with Crippen molar-refractivity contribution in [2.24, 2.45) is 5.92 Å². The van der Waals surface area contributed by atoms with Crippen molar-refractivity contribution in [1.29, 1.82) is 0 Å². The molecular formula is C22H34N4O3.